The standard InChI is InChI=1S/C17H25NO/c1-11(19)17(2,4-3-5-18)16-14-7-12-6-13(9-14)10-15(16)8-12/h12-16H,3-4,6-10H2,1-2H3. The molecule has 0 aromatic heterocycles. The smallest absolute Gasteiger partial charge is 0.136 e. The summed E-state index contributed by atoms with van der Waals surface area (Å²) in [6, 6.07) is 2.25. The van der Waals surface area contributed by atoms with E-state index in [4.69, 9.17) is 5.26 Å². The summed E-state index contributed by atoms with van der Waals surface area (Å²) in [6.45, 7) is 3.90. The van der Waals surface area contributed by atoms with Gasteiger partial charge >= 0.3 is 0 Å². The summed E-state index contributed by atoms with van der Waals surface area (Å²) in [5, 5.41) is 8.90. The van der Waals surface area contributed by atoms with Gasteiger partial charge in [0.15, 0.2) is 0 Å². The Morgan fingerprint density at radius 2 is 1.68 bits per heavy atom. The second kappa shape index (κ2) is 4.62. The number of ketones is 1. The van der Waals surface area contributed by atoms with Crippen molar-refractivity contribution in [2.45, 2.75) is 58.8 Å². The Labute approximate surface area is 116 Å². The molecule has 1 atom stereocenters. The van der Waals surface area contributed by atoms with Crippen LogP contribution in [0.4, 0.5) is 0 Å². The molecular weight excluding hydrogens is 234 g/mol. The maximum atomic E-state index is 12.3. The van der Waals surface area contributed by atoms with Crippen LogP contribution in [0.1, 0.15) is 58.8 Å². The molecule has 4 rings (SSSR count). The summed E-state index contributed by atoms with van der Waals surface area (Å²) < 4.78 is 0. The molecule has 4 bridgehead atoms. The van der Waals surface area contributed by atoms with Gasteiger partial charge in [0.2, 0.25) is 0 Å². The molecule has 4 fully saturated rings. The highest BCUT2D eigenvalue weighted by Gasteiger charge is 2.55. The Kier molecular flexibility index (Phi) is 3.20. The van der Waals surface area contributed by atoms with E-state index in [2.05, 4.69) is 13.0 Å². The van der Waals surface area contributed by atoms with Crippen LogP contribution in [-0.4, -0.2) is 5.78 Å². The summed E-state index contributed by atoms with van der Waals surface area (Å²) in [5.74, 6) is 4.32. The monoisotopic (exact) mass is 259 g/mol. The molecule has 0 spiro atoms. The lowest BCUT2D eigenvalue weighted by molar-refractivity contribution is -0.143. The average Bonchev–Trinajstić information content (AvgIpc) is 2.34. The highest BCUT2D eigenvalue weighted by atomic mass is 16.1. The minimum absolute atomic E-state index is 0.238. The van der Waals surface area contributed by atoms with Crippen molar-refractivity contribution < 1.29 is 4.79 Å². The zero-order valence-corrected chi connectivity index (χ0v) is 12.2. The minimum Gasteiger partial charge on any atom is -0.299 e. The van der Waals surface area contributed by atoms with Crippen LogP contribution in [0.15, 0.2) is 0 Å². The number of nitriles is 1. The maximum Gasteiger partial charge on any atom is 0.136 e. The predicted octanol–water partition coefficient (Wildman–Crippen LogP) is 3.96. The molecule has 4 saturated carbocycles. The summed E-state index contributed by atoms with van der Waals surface area (Å²) in [7, 11) is 0. The van der Waals surface area contributed by atoms with Crippen molar-refractivity contribution >= 4 is 5.78 Å². The molecule has 4 aliphatic carbocycles. The number of rotatable bonds is 4. The maximum absolute atomic E-state index is 12.3. The molecule has 2 heteroatoms. The third kappa shape index (κ3) is 2.02. The van der Waals surface area contributed by atoms with Crippen LogP contribution in [-0.2, 0) is 4.79 Å². The van der Waals surface area contributed by atoms with Gasteiger partial charge in [-0.15, -0.1) is 0 Å². The Balaban J connectivity index is 1.87. The van der Waals surface area contributed by atoms with Crippen LogP contribution < -0.4 is 0 Å². The molecule has 0 aromatic rings. The van der Waals surface area contributed by atoms with Crippen LogP contribution in [0.5, 0.6) is 0 Å². The van der Waals surface area contributed by atoms with E-state index in [0.717, 1.165) is 30.1 Å². The van der Waals surface area contributed by atoms with Crippen molar-refractivity contribution in [3.05, 3.63) is 0 Å². The van der Waals surface area contributed by atoms with E-state index in [1.165, 1.54) is 32.1 Å². The second-order valence-electron chi connectivity index (χ2n) is 7.59. The van der Waals surface area contributed by atoms with E-state index in [9.17, 15) is 4.79 Å². The van der Waals surface area contributed by atoms with Crippen molar-refractivity contribution in [1.82, 2.24) is 0 Å². The van der Waals surface area contributed by atoms with Gasteiger partial charge in [-0.1, -0.05) is 6.92 Å². The van der Waals surface area contributed by atoms with E-state index >= 15 is 0 Å². The van der Waals surface area contributed by atoms with E-state index in [1.54, 1.807) is 6.92 Å². The lowest BCUT2D eigenvalue weighted by Gasteiger charge is -2.59. The summed E-state index contributed by atoms with van der Waals surface area (Å²) >= 11 is 0. The molecule has 104 valence electrons. The van der Waals surface area contributed by atoms with Crippen LogP contribution >= 0.6 is 0 Å². The van der Waals surface area contributed by atoms with Gasteiger partial charge in [-0.25, -0.2) is 0 Å². The Morgan fingerprint density at radius 3 is 2.11 bits per heavy atom. The normalized spacial score (nSPS) is 42.7. The van der Waals surface area contributed by atoms with E-state index in [-0.39, 0.29) is 5.41 Å². The lowest BCUT2D eigenvalue weighted by Crippen LogP contribution is -2.53. The average molecular weight is 259 g/mol. The fourth-order valence-corrected chi connectivity index (χ4v) is 5.86. The molecule has 0 aliphatic heterocycles. The lowest BCUT2D eigenvalue weighted by atomic mass is 9.46. The number of carbonyl (C=O) groups is 1. The van der Waals surface area contributed by atoms with Gasteiger partial charge in [-0.3, -0.25) is 4.79 Å². The molecule has 0 amide bonds. The molecule has 0 heterocycles. The van der Waals surface area contributed by atoms with Gasteiger partial charge in [0.1, 0.15) is 5.78 Å². The van der Waals surface area contributed by atoms with Crippen LogP contribution in [0, 0.1) is 46.3 Å². The third-order valence-corrected chi connectivity index (χ3v) is 6.52. The number of nitrogens with zero attached hydrogens (tertiary/aromatic N) is 1. The first kappa shape index (κ1) is 13.2. The number of hydrogen-bond donors (Lipinski definition) is 0. The highest BCUT2D eigenvalue weighted by molar-refractivity contribution is 5.82. The molecule has 0 N–H and O–H groups in total. The van der Waals surface area contributed by atoms with Gasteiger partial charge in [0.25, 0.3) is 0 Å². The summed E-state index contributed by atoms with van der Waals surface area (Å²) in [4.78, 5) is 12.3. The first-order valence-electron chi connectivity index (χ1n) is 7.92. The zero-order valence-electron chi connectivity index (χ0n) is 12.2. The number of carbonyl (C=O) groups excluding carboxylic acids is 1. The van der Waals surface area contributed by atoms with E-state index < -0.39 is 0 Å². The molecular formula is C17H25NO. The number of hydrogen-bond acceptors (Lipinski definition) is 2. The van der Waals surface area contributed by atoms with Crippen LogP contribution in [0.3, 0.4) is 0 Å². The summed E-state index contributed by atoms with van der Waals surface area (Å²) in [6.07, 6.45) is 8.17. The molecule has 4 aliphatic rings. The molecule has 0 aromatic carbocycles. The molecule has 0 saturated heterocycles. The van der Waals surface area contributed by atoms with E-state index in [0.29, 0.717) is 18.1 Å². The Morgan fingerprint density at radius 1 is 1.16 bits per heavy atom. The van der Waals surface area contributed by atoms with Crippen molar-refractivity contribution in [3.63, 3.8) is 0 Å². The number of Topliss-reactive ketones (excluding diaryl/α,β-unsaturated/α-hetero) is 1. The largest absolute Gasteiger partial charge is 0.299 e. The van der Waals surface area contributed by atoms with Gasteiger partial charge < -0.3 is 0 Å². The third-order valence-electron chi connectivity index (χ3n) is 6.52. The quantitative estimate of drug-likeness (QED) is 0.766. The van der Waals surface area contributed by atoms with E-state index in [1.807, 2.05) is 0 Å². The molecule has 2 nitrogen and oxygen atoms in total. The van der Waals surface area contributed by atoms with Crippen LogP contribution in [0.25, 0.3) is 0 Å². The van der Waals surface area contributed by atoms with Crippen molar-refractivity contribution in [3.8, 4) is 6.07 Å². The fraction of sp³-hybridized carbons (Fsp3) is 0.882. The topological polar surface area (TPSA) is 40.9 Å². The fourth-order valence-electron chi connectivity index (χ4n) is 5.86. The van der Waals surface area contributed by atoms with Gasteiger partial charge in [0, 0.05) is 11.8 Å². The highest BCUT2D eigenvalue weighted by Crippen LogP contribution is 2.61. The Hall–Kier alpha value is -0.840. The SMILES string of the molecule is CC(=O)C(C)(CCC#N)C1C2CC3CC(C2)CC1C3. The van der Waals surface area contributed by atoms with Gasteiger partial charge in [0.05, 0.1) is 6.07 Å². The van der Waals surface area contributed by atoms with Crippen LogP contribution in [0.2, 0.25) is 0 Å². The molecule has 19 heavy (non-hydrogen) atoms. The van der Waals surface area contributed by atoms with Crippen molar-refractivity contribution in [1.29, 1.82) is 5.26 Å². The Bertz CT molecular complexity index is 393. The van der Waals surface area contributed by atoms with Gasteiger partial charge in [-0.05, 0) is 75.0 Å². The van der Waals surface area contributed by atoms with Crippen molar-refractivity contribution in [2.75, 3.05) is 0 Å². The summed E-state index contributed by atoms with van der Waals surface area (Å²) in [5.41, 5.74) is -0.238. The second-order valence-corrected chi connectivity index (χ2v) is 7.59. The predicted molar refractivity (Wildman–Crippen MR) is 74.2 cm³/mol. The molecule has 1 unspecified atom stereocenters. The zero-order chi connectivity index (χ0) is 13.6. The van der Waals surface area contributed by atoms with Crippen molar-refractivity contribution in [2.24, 2.45) is 35.0 Å². The minimum atomic E-state index is -0.238. The first-order chi connectivity index (χ1) is 9.04. The first-order valence-corrected chi connectivity index (χ1v) is 7.92. The molecule has 0 radical (unpaired) electrons. The van der Waals surface area contributed by atoms with Gasteiger partial charge in [-0.2, -0.15) is 5.26 Å².